The van der Waals surface area contributed by atoms with Gasteiger partial charge in [-0.15, -0.1) is 0 Å². The summed E-state index contributed by atoms with van der Waals surface area (Å²) in [6.45, 7) is 11.0. The summed E-state index contributed by atoms with van der Waals surface area (Å²) >= 11 is 0. The molecule has 4 heteroatoms. The summed E-state index contributed by atoms with van der Waals surface area (Å²) in [5.41, 5.74) is 2.50. The minimum atomic E-state index is 0.710. The van der Waals surface area contributed by atoms with Gasteiger partial charge in [0.25, 0.3) is 0 Å². The Morgan fingerprint density at radius 2 is 2.11 bits per heavy atom. The third-order valence-electron chi connectivity index (χ3n) is 2.34. The van der Waals surface area contributed by atoms with Crippen molar-refractivity contribution in [3.8, 4) is 0 Å². The third kappa shape index (κ3) is 4.03. The van der Waals surface area contributed by atoms with Gasteiger partial charge in [-0.05, 0) is 13.8 Å². The van der Waals surface area contributed by atoms with Gasteiger partial charge in [0.1, 0.15) is 5.70 Å². The van der Waals surface area contributed by atoms with Crippen molar-refractivity contribution < 1.29 is 0 Å². The fourth-order valence-corrected chi connectivity index (χ4v) is 1.43. The zero-order valence-electron chi connectivity index (χ0n) is 11.3. The molecular weight excluding hydrogens is 236 g/mol. The lowest BCUT2D eigenvalue weighted by molar-refractivity contribution is 1.21. The maximum absolute atomic E-state index is 4.49. The van der Waals surface area contributed by atoms with Gasteiger partial charge in [0, 0.05) is 30.4 Å². The Kier molecular flexibility index (Phi) is 5.95. The van der Waals surface area contributed by atoms with Gasteiger partial charge in [0.05, 0.1) is 5.69 Å². The second kappa shape index (κ2) is 7.76. The number of H-pyrrole nitrogens is 1. The van der Waals surface area contributed by atoms with E-state index in [1.807, 2.05) is 32.2 Å². The van der Waals surface area contributed by atoms with Gasteiger partial charge in [-0.3, -0.25) is 9.98 Å². The van der Waals surface area contributed by atoms with Crippen LogP contribution < -0.4 is 0 Å². The molecule has 0 saturated carbocycles. The molecule has 98 valence electrons. The van der Waals surface area contributed by atoms with Crippen LogP contribution in [0.15, 0.2) is 53.8 Å². The van der Waals surface area contributed by atoms with E-state index in [0.29, 0.717) is 5.82 Å². The van der Waals surface area contributed by atoms with Crippen LogP contribution in [0, 0.1) is 0 Å². The van der Waals surface area contributed by atoms with Crippen LogP contribution >= 0.6 is 0 Å². The van der Waals surface area contributed by atoms with Crippen molar-refractivity contribution in [3.63, 3.8) is 0 Å². The smallest absolute Gasteiger partial charge is 0.156 e. The van der Waals surface area contributed by atoms with Crippen molar-refractivity contribution in [2.75, 3.05) is 0 Å². The number of nitrogens with zero attached hydrogens (tertiary/aromatic N) is 3. The molecule has 0 fully saturated rings. The number of aromatic amines is 1. The fraction of sp³-hybridized carbons (Fsp3) is 0.133. The Balaban J connectivity index is 3.04. The molecule has 1 rings (SSSR count). The molecule has 1 aromatic heterocycles. The number of allylic oxidation sites excluding steroid dienone is 4. The molecule has 1 N–H and O–H groups in total. The van der Waals surface area contributed by atoms with Crippen molar-refractivity contribution in [1.29, 1.82) is 0 Å². The van der Waals surface area contributed by atoms with E-state index in [4.69, 9.17) is 0 Å². The molecule has 0 aromatic carbocycles. The van der Waals surface area contributed by atoms with Crippen LogP contribution in [0.2, 0.25) is 0 Å². The topological polar surface area (TPSA) is 53.4 Å². The number of aliphatic imine (C=N–C) groups is 2. The summed E-state index contributed by atoms with van der Waals surface area (Å²) in [5, 5.41) is 0. The SMILES string of the molecule is C=C/C=N\C(=C/C)c1nc(C(/C=N\C=C)=C/C)c[nH]1. The lowest BCUT2D eigenvalue weighted by Gasteiger charge is -1.96. The maximum atomic E-state index is 4.49. The summed E-state index contributed by atoms with van der Waals surface area (Å²) in [6.07, 6.45) is 12.1. The molecule has 0 spiro atoms. The quantitative estimate of drug-likeness (QED) is 0.774. The van der Waals surface area contributed by atoms with E-state index in [-0.39, 0.29) is 0 Å². The van der Waals surface area contributed by atoms with E-state index in [1.165, 1.54) is 6.20 Å². The first kappa shape index (κ1) is 14.6. The predicted molar refractivity (Wildman–Crippen MR) is 83.3 cm³/mol. The number of hydrogen-bond acceptors (Lipinski definition) is 3. The van der Waals surface area contributed by atoms with Crippen molar-refractivity contribution >= 4 is 23.7 Å². The molecule has 1 aromatic rings. The number of imidazole rings is 1. The molecule has 19 heavy (non-hydrogen) atoms. The predicted octanol–water partition coefficient (Wildman–Crippen LogP) is 3.64. The molecule has 0 atom stereocenters. The Bertz CT molecular complexity index is 508. The molecule has 1 heterocycles. The Morgan fingerprint density at radius 1 is 1.32 bits per heavy atom. The molecule has 0 bridgehead atoms. The zero-order chi connectivity index (χ0) is 14.1. The molecule has 0 unspecified atom stereocenters. The van der Waals surface area contributed by atoms with Gasteiger partial charge in [0.2, 0.25) is 0 Å². The number of rotatable bonds is 6. The van der Waals surface area contributed by atoms with Crippen molar-refractivity contribution in [2.45, 2.75) is 13.8 Å². The summed E-state index contributed by atoms with van der Waals surface area (Å²) in [4.78, 5) is 15.8. The van der Waals surface area contributed by atoms with Gasteiger partial charge < -0.3 is 4.98 Å². The second-order valence-electron chi connectivity index (χ2n) is 3.53. The largest absolute Gasteiger partial charge is 0.343 e. The Hall–Kier alpha value is -2.49. The molecule has 0 amide bonds. The van der Waals surface area contributed by atoms with Crippen LogP contribution in [-0.4, -0.2) is 22.4 Å². The summed E-state index contributed by atoms with van der Waals surface area (Å²) in [6, 6.07) is 0. The maximum Gasteiger partial charge on any atom is 0.156 e. The van der Waals surface area contributed by atoms with Crippen LogP contribution in [0.25, 0.3) is 11.3 Å². The first-order valence-electron chi connectivity index (χ1n) is 5.94. The van der Waals surface area contributed by atoms with Gasteiger partial charge >= 0.3 is 0 Å². The second-order valence-corrected chi connectivity index (χ2v) is 3.53. The van der Waals surface area contributed by atoms with Gasteiger partial charge in [-0.2, -0.15) is 0 Å². The van der Waals surface area contributed by atoms with Gasteiger partial charge in [-0.25, -0.2) is 4.98 Å². The van der Waals surface area contributed by atoms with E-state index >= 15 is 0 Å². The highest BCUT2D eigenvalue weighted by atomic mass is 15.0. The van der Waals surface area contributed by atoms with Crippen molar-refractivity contribution in [1.82, 2.24) is 9.97 Å². The standard InChI is InChI=1S/C15H18N4/c1-5-9-17-13(7-3)15-18-11-14(19-15)12(6-2)10-16-8-4/h5-11H,1,4H2,2-3H3,(H,18,19)/b12-6+,13-7-,16-10-,17-9-. The van der Waals surface area contributed by atoms with Gasteiger partial charge in [-0.1, -0.05) is 31.4 Å². The van der Waals surface area contributed by atoms with E-state index in [1.54, 1.807) is 18.5 Å². The molecule has 4 nitrogen and oxygen atoms in total. The Labute approximate surface area is 113 Å². The molecule has 0 aliphatic heterocycles. The minimum absolute atomic E-state index is 0.710. The number of nitrogens with one attached hydrogen (secondary N) is 1. The highest BCUT2D eigenvalue weighted by molar-refractivity contribution is 6.09. The molecular formula is C15H18N4. The number of aromatic nitrogens is 2. The van der Waals surface area contributed by atoms with Crippen LogP contribution in [0.3, 0.4) is 0 Å². The van der Waals surface area contributed by atoms with Crippen LogP contribution in [0.4, 0.5) is 0 Å². The summed E-state index contributed by atoms with van der Waals surface area (Å²) in [5.74, 6) is 0.710. The van der Waals surface area contributed by atoms with Gasteiger partial charge in [0.15, 0.2) is 5.82 Å². The number of hydrogen-bond donors (Lipinski definition) is 1. The first-order valence-corrected chi connectivity index (χ1v) is 5.94. The lowest BCUT2D eigenvalue weighted by Crippen LogP contribution is -1.88. The van der Waals surface area contributed by atoms with Crippen molar-refractivity contribution in [3.05, 3.63) is 55.3 Å². The zero-order valence-corrected chi connectivity index (χ0v) is 11.3. The van der Waals surface area contributed by atoms with E-state index < -0.39 is 0 Å². The van der Waals surface area contributed by atoms with Crippen LogP contribution in [0.1, 0.15) is 25.4 Å². The summed E-state index contributed by atoms with van der Waals surface area (Å²) < 4.78 is 0. The fourth-order valence-electron chi connectivity index (χ4n) is 1.43. The molecule has 0 radical (unpaired) electrons. The van der Waals surface area contributed by atoms with E-state index in [2.05, 4.69) is 33.1 Å². The molecule has 0 aliphatic rings. The van der Waals surface area contributed by atoms with Crippen LogP contribution in [-0.2, 0) is 0 Å². The van der Waals surface area contributed by atoms with Crippen molar-refractivity contribution in [2.24, 2.45) is 9.98 Å². The van der Waals surface area contributed by atoms with Crippen LogP contribution in [0.5, 0.6) is 0 Å². The first-order chi connectivity index (χ1) is 9.26. The average molecular weight is 254 g/mol. The lowest BCUT2D eigenvalue weighted by atomic mass is 10.2. The highest BCUT2D eigenvalue weighted by Crippen LogP contribution is 2.16. The minimum Gasteiger partial charge on any atom is -0.343 e. The third-order valence-corrected chi connectivity index (χ3v) is 2.34. The summed E-state index contributed by atoms with van der Waals surface area (Å²) in [7, 11) is 0. The van der Waals surface area contributed by atoms with E-state index in [9.17, 15) is 0 Å². The Morgan fingerprint density at radius 3 is 2.68 bits per heavy atom. The normalized spacial score (nSPS) is 13.4. The van der Waals surface area contributed by atoms with E-state index in [0.717, 1.165) is 17.0 Å². The molecule has 0 aliphatic carbocycles. The molecule has 0 saturated heterocycles. The average Bonchev–Trinajstić information content (AvgIpc) is 2.90. The monoisotopic (exact) mass is 254 g/mol. The highest BCUT2D eigenvalue weighted by Gasteiger charge is 2.07.